The molecular formula is C16H13Br2Cl2N5O. The van der Waals surface area contributed by atoms with Crippen molar-refractivity contribution in [3.8, 4) is 0 Å². The summed E-state index contributed by atoms with van der Waals surface area (Å²) < 4.78 is 4.61. The third-order valence-corrected chi connectivity index (χ3v) is 5.49. The molecule has 2 aromatic heterocycles. The highest BCUT2D eigenvalue weighted by molar-refractivity contribution is 9.11. The van der Waals surface area contributed by atoms with Gasteiger partial charge in [0, 0.05) is 12.7 Å². The second-order valence-corrected chi connectivity index (χ2v) is 7.91. The Bertz CT molecular complexity index is 970. The lowest BCUT2D eigenvalue weighted by molar-refractivity contribution is 0.101. The molecule has 1 aromatic carbocycles. The summed E-state index contributed by atoms with van der Waals surface area (Å²) in [5.41, 5.74) is 1.39. The van der Waals surface area contributed by atoms with Crippen molar-refractivity contribution < 1.29 is 4.79 Å². The third kappa shape index (κ3) is 4.14. The van der Waals surface area contributed by atoms with E-state index in [1.54, 1.807) is 33.9 Å². The molecular weight excluding hydrogens is 509 g/mol. The molecule has 0 aliphatic carbocycles. The molecule has 136 valence electrons. The number of benzene rings is 1. The molecule has 0 bridgehead atoms. The number of nitrogens with one attached hydrogen (secondary N) is 1. The van der Waals surface area contributed by atoms with Crippen LogP contribution in [-0.4, -0.2) is 25.5 Å². The number of aromatic nitrogens is 4. The van der Waals surface area contributed by atoms with Gasteiger partial charge in [-0.3, -0.25) is 14.2 Å². The maximum atomic E-state index is 12.6. The van der Waals surface area contributed by atoms with Crippen molar-refractivity contribution >= 4 is 66.8 Å². The van der Waals surface area contributed by atoms with Crippen molar-refractivity contribution in [3.63, 3.8) is 0 Å². The minimum Gasteiger partial charge on any atom is -0.303 e. The van der Waals surface area contributed by atoms with E-state index in [-0.39, 0.29) is 5.91 Å². The number of nitrogens with zero attached hydrogens (tertiary/aromatic N) is 4. The van der Waals surface area contributed by atoms with Crippen LogP contribution in [0.1, 0.15) is 23.0 Å². The van der Waals surface area contributed by atoms with Crippen LogP contribution in [0, 0.1) is 0 Å². The average Bonchev–Trinajstić information content (AvgIpc) is 3.13. The van der Waals surface area contributed by atoms with Gasteiger partial charge in [0.05, 0.1) is 31.7 Å². The van der Waals surface area contributed by atoms with Crippen LogP contribution in [-0.2, 0) is 13.1 Å². The molecule has 10 heteroatoms. The maximum Gasteiger partial charge on any atom is 0.276 e. The molecule has 2 heterocycles. The van der Waals surface area contributed by atoms with E-state index in [2.05, 4.69) is 47.4 Å². The van der Waals surface area contributed by atoms with Gasteiger partial charge in [0.25, 0.3) is 5.91 Å². The van der Waals surface area contributed by atoms with E-state index in [4.69, 9.17) is 23.2 Å². The van der Waals surface area contributed by atoms with Crippen molar-refractivity contribution in [1.29, 1.82) is 0 Å². The molecule has 0 saturated carbocycles. The molecule has 0 aliphatic rings. The number of hydrogen-bond acceptors (Lipinski definition) is 3. The molecule has 0 atom stereocenters. The number of rotatable bonds is 5. The van der Waals surface area contributed by atoms with Crippen LogP contribution >= 0.6 is 55.1 Å². The van der Waals surface area contributed by atoms with Crippen molar-refractivity contribution in [3.05, 3.63) is 60.8 Å². The van der Waals surface area contributed by atoms with Gasteiger partial charge in [-0.2, -0.15) is 10.2 Å². The van der Waals surface area contributed by atoms with Gasteiger partial charge < -0.3 is 5.32 Å². The molecule has 1 N–H and O–H groups in total. The smallest absolute Gasteiger partial charge is 0.276 e. The summed E-state index contributed by atoms with van der Waals surface area (Å²) in [6, 6.07) is 5.40. The summed E-state index contributed by atoms with van der Waals surface area (Å²) in [7, 11) is 0. The van der Waals surface area contributed by atoms with Crippen LogP contribution in [0.25, 0.3) is 0 Å². The molecule has 3 rings (SSSR count). The summed E-state index contributed by atoms with van der Waals surface area (Å²) in [4.78, 5) is 12.6. The maximum absolute atomic E-state index is 12.6. The topological polar surface area (TPSA) is 64.7 Å². The van der Waals surface area contributed by atoms with Crippen molar-refractivity contribution in [1.82, 2.24) is 19.6 Å². The first-order chi connectivity index (χ1) is 12.4. The van der Waals surface area contributed by atoms with Crippen molar-refractivity contribution in [2.24, 2.45) is 0 Å². The Morgan fingerprint density at radius 1 is 1.23 bits per heavy atom. The zero-order valence-electron chi connectivity index (χ0n) is 13.5. The van der Waals surface area contributed by atoms with Crippen LogP contribution < -0.4 is 5.32 Å². The number of anilines is 1. The molecule has 0 spiro atoms. The third-order valence-electron chi connectivity index (χ3n) is 3.59. The van der Waals surface area contributed by atoms with Gasteiger partial charge in [-0.05, 0) is 56.5 Å². The van der Waals surface area contributed by atoms with Crippen LogP contribution in [0.5, 0.6) is 0 Å². The predicted molar refractivity (Wildman–Crippen MR) is 109 cm³/mol. The highest BCUT2D eigenvalue weighted by Gasteiger charge is 2.19. The average molecular weight is 522 g/mol. The molecule has 0 unspecified atom stereocenters. The predicted octanol–water partition coefficient (Wildman–Crippen LogP) is 5.23. The lowest BCUT2D eigenvalue weighted by Gasteiger charge is -2.06. The number of hydrogen-bond donors (Lipinski definition) is 1. The fraction of sp³-hybridized carbons (Fsp3) is 0.188. The van der Waals surface area contributed by atoms with Crippen LogP contribution in [0.3, 0.4) is 0 Å². The molecule has 26 heavy (non-hydrogen) atoms. The van der Waals surface area contributed by atoms with E-state index in [9.17, 15) is 4.79 Å². The quantitative estimate of drug-likeness (QED) is 0.500. The summed E-state index contributed by atoms with van der Waals surface area (Å²) >= 11 is 18.8. The van der Waals surface area contributed by atoms with Gasteiger partial charge in [-0.15, -0.1) is 0 Å². The van der Waals surface area contributed by atoms with Gasteiger partial charge in [0.15, 0.2) is 5.82 Å². The zero-order valence-corrected chi connectivity index (χ0v) is 18.2. The fourth-order valence-corrected chi connectivity index (χ4v) is 3.59. The van der Waals surface area contributed by atoms with E-state index in [1.807, 2.05) is 13.0 Å². The first kappa shape index (κ1) is 19.4. The largest absolute Gasteiger partial charge is 0.303 e. The van der Waals surface area contributed by atoms with Crippen LogP contribution in [0.2, 0.25) is 10.0 Å². The Kier molecular flexibility index (Phi) is 6.06. The van der Waals surface area contributed by atoms with Gasteiger partial charge in [0.2, 0.25) is 0 Å². The first-order valence-corrected chi connectivity index (χ1v) is 9.92. The highest BCUT2D eigenvalue weighted by Crippen LogP contribution is 2.25. The Morgan fingerprint density at radius 3 is 2.69 bits per heavy atom. The van der Waals surface area contributed by atoms with Gasteiger partial charge >= 0.3 is 0 Å². The molecule has 1 amide bonds. The van der Waals surface area contributed by atoms with Crippen molar-refractivity contribution in [2.75, 3.05) is 5.32 Å². The Balaban J connectivity index is 1.78. The van der Waals surface area contributed by atoms with Crippen LogP contribution in [0.15, 0.2) is 39.5 Å². The van der Waals surface area contributed by atoms with E-state index >= 15 is 0 Å². The fourth-order valence-electron chi connectivity index (χ4n) is 2.38. The highest BCUT2D eigenvalue weighted by atomic mass is 79.9. The van der Waals surface area contributed by atoms with Gasteiger partial charge in [-0.1, -0.05) is 29.3 Å². The monoisotopic (exact) mass is 519 g/mol. The number of aryl methyl sites for hydroxylation is 1. The summed E-state index contributed by atoms with van der Waals surface area (Å²) in [6.07, 6.45) is 3.38. The Hall–Kier alpha value is -1.35. The normalized spacial score (nSPS) is 11.0. The Labute approximate surface area is 176 Å². The minimum atomic E-state index is -0.295. The molecule has 6 nitrogen and oxygen atoms in total. The Morgan fingerprint density at radius 2 is 2.00 bits per heavy atom. The number of halogens is 4. The van der Waals surface area contributed by atoms with Crippen molar-refractivity contribution in [2.45, 2.75) is 20.0 Å². The lowest BCUT2D eigenvalue weighted by atomic mass is 10.2. The summed E-state index contributed by atoms with van der Waals surface area (Å²) in [5.74, 6) is 0.127. The molecule has 3 aromatic rings. The standard InChI is InChI=1S/C16H13Br2Cl2N5O/c1-2-25-14(10(17)6-21-25)16(26)22-15-11(18)8-24(23-15)7-9-3-4-12(19)13(20)5-9/h3-6,8H,2,7H2,1H3,(H,22,23,26). The molecule has 0 radical (unpaired) electrons. The first-order valence-electron chi connectivity index (χ1n) is 7.58. The zero-order chi connectivity index (χ0) is 18.8. The number of carbonyl (C=O) groups excluding carboxylic acids is 1. The van der Waals surface area contributed by atoms with E-state index in [1.165, 1.54) is 0 Å². The second kappa shape index (κ2) is 8.12. The lowest BCUT2D eigenvalue weighted by Crippen LogP contribution is -2.18. The minimum absolute atomic E-state index is 0.295. The van der Waals surface area contributed by atoms with E-state index in [0.717, 1.165) is 5.56 Å². The molecule has 0 saturated heterocycles. The van der Waals surface area contributed by atoms with E-state index < -0.39 is 0 Å². The number of amides is 1. The SMILES string of the molecule is CCn1ncc(Br)c1C(=O)Nc1nn(Cc2ccc(Cl)c(Cl)c2)cc1Br. The molecule has 0 aliphatic heterocycles. The van der Waals surface area contributed by atoms with Gasteiger partial charge in [0.1, 0.15) is 5.69 Å². The summed E-state index contributed by atoms with van der Waals surface area (Å²) in [6.45, 7) is 2.99. The van der Waals surface area contributed by atoms with Gasteiger partial charge in [-0.25, -0.2) is 0 Å². The van der Waals surface area contributed by atoms with E-state index in [0.29, 0.717) is 43.6 Å². The van der Waals surface area contributed by atoms with Crippen LogP contribution in [0.4, 0.5) is 5.82 Å². The number of carbonyl (C=O) groups is 1. The molecule has 0 fully saturated rings. The summed E-state index contributed by atoms with van der Waals surface area (Å²) in [5, 5.41) is 12.3. The second-order valence-electron chi connectivity index (χ2n) is 5.38.